The van der Waals surface area contributed by atoms with Crippen LogP contribution in [0.25, 0.3) is 0 Å². The minimum absolute atomic E-state index is 0.193. The Hall–Kier alpha value is -2.21. The molecule has 1 aromatic heterocycles. The number of aromatic nitrogens is 2. The van der Waals surface area contributed by atoms with Crippen molar-refractivity contribution >= 4 is 5.91 Å². The Balaban J connectivity index is 1.21. The van der Waals surface area contributed by atoms with Crippen molar-refractivity contribution in [3.63, 3.8) is 0 Å². The Labute approximate surface area is 147 Å². The fourth-order valence-corrected chi connectivity index (χ4v) is 3.84. The molecule has 2 aliphatic rings. The van der Waals surface area contributed by atoms with Crippen LogP contribution < -0.4 is 0 Å². The van der Waals surface area contributed by atoms with E-state index >= 15 is 0 Å². The Morgan fingerprint density at radius 2 is 2.04 bits per heavy atom. The summed E-state index contributed by atoms with van der Waals surface area (Å²) < 4.78 is 5.25. The first kappa shape index (κ1) is 16.3. The van der Waals surface area contributed by atoms with Crippen molar-refractivity contribution in [2.24, 2.45) is 0 Å². The fourth-order valence-electron chi connectivity index (χ4n) is 3.84. The molecule has 1 atom stereocenters. The number of fused-ring (bicyclic) bond motifs is 1. The van der Waals surface area contributed by atoms with Crippen LogP contribution in [0.5, 0.6) is 0 Å². The molecule has 4 rings (SSSR count). The summed E-state index contributed by atoms with van der Waals surface area (Å²) >= 11 is 0. The Morgan fingerprint density at radius 3 is 2.72 bits per heavy atom. The van der Waals surface area contributed by atoms with Gasteiger partial charge >= 0.3 is 0 Å². The molecule has 0 N–H and O–H groups in total. The zero-order chi connectivity index (χ0) is 17.2. The van der Waals surface area contributed by atoms with Gasteiger partial charge in [-0.15, -0.1) is 0 Å². The maximum Gasteiger partial charge on any atom is 0.231 e. The molecule has 6 heteroatoms. The normalized spacial score (nSPS) is 20.2. The van der Waals surface area contributed by atoms with Crippen LogP contribution in [0.4, 0.5) is 0 Å². The van der Waals surface area contributed by atoms with E-state index in [0.717, 1.165) is 39.0 Å². The molecule has 1 fully saturated rings. The largest absolute Gasteiger partial charge is 0.342 e. The Morgan fingerprint density at radius 1 is 1.28 bits per heavy atom. The summed E-state index contributed by atoms with van der Waals surface area (Å²) in [5, 5.41) is 3.85. The third kappa shape index (κ3) is 3.58. The summed E-state index contributed by atoms with van der Waals surface area (Å²) in [7, 11) is 0. The highest BCUT2D eigenvalue weighted by atomic mass is 16.5. The number of likely N-dealkylation sites (tertiary alicyclic amines) is 1. The topological polar surface area (TPSA) is 62.5 Å². The van der Waals surface area contributed by atoms with Gasteiger partial charge in [0.1, 0.15) is 0 Å². The van der Waals surface area contributed by atoms with Crippen LogP contribution in [0.2, 0.25) is 0 Å². The number of benzene rings is 1. The third-order valence-electron chi connectivity index (χ3n) is 5.20. The second kappa shape index (κ2) is 6.96. The van der Waals surface area contributed by atoms with Gasteiger partial charge in [-0.3, -0.25) is 9.69 Å². The van der Waals surface area contributed by atoms with E-state index in [1.165, 1.54) is 11.1 Å². The quantitative estimate of drug-likeness (QED) is 0.837. The van der Waals surface area contributed by atoms with Gasteiger partial charge in [0.05, 0.1) is 5.92 Å². The number of rotatable bonds is 5. The lowest BCUT2D eigenvalue weighted by Gasteiger charge is -2.18. The first-order valence-corrected chi connectivity index (χ1v) is 9.06. The van der Waals surface area contributed by atoms with Gasteiger partial charge in [-0.1, -0.05) is 29.4 Å². The summed E-state index contributed by atoms with van der Waals surface area (Å²) in [6.45, 7) is 6.30. The standard InChI is InChI=1S/C19H24N4O2/c1-14-20-19(25-21-14)17-8-10-23(13-17)18(24)7-4-9-22-11-15-5-2-3-6-16(15)12-22/h2-3,5-6,17H,4,7-13H2,1H3. The summed E-state index contributed by atoms with van der Waals surface area (Å²) in [5.41, 5.74) is 2.84. The zero-order valence-corrected chi connectivity index (χ0v) is 14.6. The first-order chi connectivity index (χ1) is 12.2. The van der Waals surface area contributed by atoms with Crippen LogP contribution in [0, 0.1) is 6.92 Å². The molecule has 0 bridgehead atoms. The number of carbonyl (C=O) groups is 1. The van der Waals surface area contributed by atoms with Crippen LogP contribution in [0.15, 0.2) is 28.8 Å². The molecule has 6 nitrogen and oxygen atoms in total. The minimum atomic E-state index is 0.193. The van der Waals surface area contributed by atoms with Crippen LogP contribution in [-0.2, 0) is 17.9 Å². The molecule has 0 radical (unpaired) electrons. The van der Waals surface area contributed by atoms with Crippen LogP contribution in [0.3, 0.4) is 0 Å². The monoisotopic (exact) mass is 340 g/mol. The van der Waals surface area contributed by atoms with E-state index < -0.39 is 0 Å². The maximum atomic E-state index is 12.5. The smallest absolute Gasteiger partial charge is 0.231 e. The summed E-state index contributed by atoms with van der Waals surface area (Å²) in [5.74, 6) is 1.77. The van der Waals surface area contributed by atoms with E-state index in [-0.39, 0.29) is 11.8 Å². The minimum Gasteiger partial charge on any atom is -0.342 e. The molecule has 25 heavy (non-hydrogen) atoms. The van der Waals surface area contributed by atoms with Crippen LogP contribution in [0.1, 0.15) is 48.0 Å². The van der Waals surface area contributed by atoms with Crippen LogP contribution >= 0.6 is 0 Å². The highest BCUT2D eigenvalue weighted by Crippen LogP contribution is 2.27. The first-order valence-electron chi connectivity index (χ1n) is 9.06. The summed E-state index contributed by atoms with van der Waals surface area (Å²) in [6.07, 6.45) is 2.44. The van der Waals surface area contributed by atoms with E-state index in [9.17, 15) is 4.79 Å². The molecular weight excluding hydrogens is 316 g/mol. The highest BCUT2D eigenvalue weighted by Gasteiger charge is 2.30. The van der Waals surface area contributed by atoms with E-state index in [2.05, 4.69) is 39.3 Å². The van der Waals surface area contributed by atoms with Crippen molar-refractivity contribution in [1.82, 2.24) is 19.9 Å². The average molecular weight is 340 g/mol. The molecule has 2 aliphatic heterocycles. The number of hydrogen-bond acceptors (Lipinski definition) is 5. The van der Waals surface area contributed by atoms with Gasteiger partial charge in [-0.05, 0) is 37.4 Å². The molecule has 1 amide bonds. The number of carbonyl (C=O) groups excluding carboxylic acids is 1. The number of nitrogens with zero attached hydrogens (tertiary/aromatic N) is 4. The summed E-state index contributed by atoms with van der Waals surface area (Å²) in [4.78, 5) is 21.1. The molecule has 0 spiro atoms. The lowest BCUT2D eigenvalue weighted by molar-refractivity contribution is -0.130. The van der Waals surface area contributed by atoms with E-state index in [1.807, 2.05) is 11.8 Å². The molecule has 1 unspecified atom stereocenters. The van der Waals surface area contributed by atoms with Gasteiger partial charge in [0.2, 0.25) is 11.8 Å². The molecule has 1 saturated heterocycles. The second-order valence-corrected chi connectivity index (χ2v) is 7.09. The molecule has 132 valence electrons. The summed E-state index contributed by atoms with van der Waals surface area (Å²) in [6, 6.07) is 8.59. The van der Waals surface area contributed by atoms with Gasteiger partial charge in [0, 0.05) is 32.6 Å². The predicted molar refractivity (Wildman–Crippen MR) is 92.8 cm³/mol. The molecule has 0 aliphatic carbocycles. The zero-order valence-electron chi connectivity index (χ0n) is 14.6. The number of aryl methyl sites for hydroxylation is 1. The number of hydrogen-bond donors (Lipinski definition) is 0. The van der Waals surface area contributed by atoms with Crippen molar-refractivity contribution in [1.29, 1.82) is 0 Å². The third-order valence-corrected chi connectivity index (χ3v) is 5.20. The molecule has 0 saturated carbocycles. The van der Waals surface area contributed by atoms with Crippen LogP contribution in [-0.4, -0.2) is 45.5 Å². The lowest BCUT2D eigenvalue weighted by Crippen LogP contribution is -2.29. The fraction of sp³-hybridized carbons (Fsp3) is 0.526. The highest BCUT2D eigenvalue weighted by molar-refractivity contribution is 5.76. The lowest BCUT2D eigenvalue weighted by atomic mass is 10.1. The van der Waals surface area contributed by atoms with E-state index in [4.69, 9.17) is 4.52 Å². The van der Waals surface area contributed by atoms with Crippen molar-refractivity contribution in [3.05, 3.63) is 47.1 Å². The van der Waals surface area contributed by atoms with Crippen molar-refractivity contribution in [3.8, 4) is 0 Å². The van der Waals surface area contributed by atoms with E-state index in [1.54, 1.807) is 0 Å². The van der Waals surface area contributed by atoms with Gasteiger partial charge in [-0.2, -0.15) is 4.98 Å². The van der Waals surface area contributed by atoms with Gasteiger partial charge in [-0.25, -0.2) is 0 Å². The Kier molecular flexibility index (Phi) is 4.53. The van der Waals surface area contributed by atoms with Gasteiger partial charge < -0.3 is 9.42 Å². The van der Waals surface area contributed by atoms with Crippen molar-refractivity contribution in [2.75, 3.05) is 19.6 Å². The molecule has 2 aromatic rings. The maximum absolute atomic E-state index is 12.5. The average Bonchev–Trinajstić information content (AvgIpc) is 3.32. The van der Waals surface area contributed by atoms with E-state index in [0.29, 0.717) is 24.7 Å². The number of amides is 1. The van der Waals surface area contributed by atoms with Crippen molar-refractivity contribution < 1.29 is 9.32 Å². The molecular formula is C19H24N4O2. The Bertz CT molecular complexity index is 732. The van der Waals surface area contributed by atoms with Crippen molar-refractivity contribution in [2.45, 2.75) is 45.2 Å². The van der Waals surface area contributed by atoms with Gasteiger partial charge in [0.25, 0.3) is 0 Å². The molecule has 1 aromatic carbocycles. The predicted octanol–water partition coefficient (Wildman–Crippen LogP) is 2.49. The van der Waals surface area contributed by atoms with Gasteiger partial charge in [0.15, 0.2) is 5.82 Å². The molecule has 3 heterocycles. The SMILES string of the molecule is Cc1noc(C2CCN(C(=O)CCCN3Cc4ccccc4C3)C2)n1. The second-order valence-electron chi connectivity index (χ2n) is 7.09.